The molecule has 0 aromatic carbocycles. The van der Waals surface area contributed by atoms with E-state index in [1.807, 2.05) is 5.32 Å². The van der Waals surface area contributed by atoms with E-state index >= 15 is 0 Å². The molecule has 7 nitrogen and oxygen atoms in total. The smallest absolute Gasteiger partial charge is 0.340 e. The van der Waals surface area contributed by atoms with Crippen LogP contribution in [0.25, 0.3) is 16.9 Å². The van der Waals surface area contributed by atoms with Crippen molar-refractivity contribution in [1.82, 2.24) is 19.7 Å². The number of anilines is 1. The van der Waals surface area contributed by atoms with Crippen molar-refractivity contribution in [3.8, 4) is 11.3 Å². The second-order valence-electron chi connectivity index (χ2n) is 6.86. The maximum absolute atomic E-state index is 12.6. The summed E-state index contributed by atoms with van der Waals surface area (Å²) in [6.45, 7) is 0.889. The largest absolute Gasteiger partial charge is 0.408 e. The van der Waals surface area contributed by atoms with Crippen LogP contribution in [0.4, 0.5) is 19.0 Å². The number of hydrogen-bond acceptors (Lipinski definition) is 5. The van der Waals surface area contributed by atoms with Gasteiger partial charge in [0.15, 0.2) is 11.5 Å². The first-order valence-corrected chi connectivity index (χ1v) is 9.71. The zero-order valence-corrected chi connectivity index (χ0v) is 16.0. The molecule has 0 spiro atoms. The summed E-state index contributed by atoms with van der Waals surface area (Å²) in [7, 11) is 0. The van der Waals surface area contributed by atoms with Crippen LogP contribution in [0.5, 0.6) is 0 Å². The number of rotatable bonds is 5. The topological polar surface area (TPSA) is 88.4 Å². The van der Waals surface area contributed by atoms with Crippen LogP contribution in [-0.2, 0) is 4.79 Å². The van der Waals surface area contributed by atoms with E-state index < -0.39 is 18.1 Å². The molecular weight excluding hydrogens is 407 g/mol. The third kappa shape index (κ3) is 4.24. The van der Waals surface area contributed by atoms with Gasteiger partial charge in [0.05, 0.1) is 23.0 Å². The van der Waals surface area contributed by atoms with Crippen LogP contribution in [0.2, 0.25) is 0 Å². The van der Waals surface area contributed by atoms with Crippen molar-refractivity contribution >= 4 is 34.6 Å². The Labute approximate surface area is 167 Å². The molecule has 29 heavy (non-hydrogen) atoms. The first kappa shape index (κ1) is 19.4. The fourth-order valence-electron chi connectivity index (χ4n) is 2.62. The molecule has 3 aromatic rings. The molecule has 4 rings (SSSR count). The average molecular weight is 423 g/mol. The highest BCUT2D eigenvalue weighted by Crippen LogP contribution is 2.30. The zero-order chi connectivity index (χ0) is 20.8. The van der Waals surface area contributed by atoms with Gasteiger partial charge in [0.1, 0.15) is 6.04 Å². The lowest BCUT2D eigenvalue weighted by molar-refractivity contribution is -0.149. The summed E-state index contributed by atoms with van der Waals surface area (Å²) in [6, 6.07) is -0.450. The highest BCUT2D eigenvalue weighted by Gasteiger charge is 2.37. The summed E-state index contributed by atoms with van der Waals surface area (Å²) < 4.78 is 39.5. The first-order chi connectivity index (χ1) is 13.7. The van der Waals surface area contributed by atoms with Gasteiger partial charge in [-0.15, -0.1) is 11.3 Å². The minimum absolute atomic E-state index is 0.0526. The first-order valence-electron chi connectivity index (χ1n) is 8.83. The van der Waals surface area contributed by atoms with Crippen LogP contribution in [0.15, 0.2) is 30.0 Å². The van der Waals surface area contributed by atoms with Crippen molar-refractivity contribution in [2.75, 3.05) is 5.32 Å². The minimum Gasteiger partial charge on any atom is -0.340 e. The van der Waals surface area contributed by atoms with Gasteiger partial charge in [-0.25, -0.2) is 4.98 Å². The Kier molecular flexibility index (Phi) is 4.77. The van der Waals surface area contributed by atoms with E-state index in [1.54, 1.807) is 22.2 Å². The Hall–Kier alpha value is -2.95. The molecule has 0 saturated heterocycles. The molecule has 3 heterocycles. The maximum Gasteiger partial charge on any atom is 0.408 e. The maximum atomic E-state index is 12.6. The number of alkyl halides is 3. The number of halogens is 3. The second kappa shape index (κ2) is 7.14. The number of hydrogen-bond donors (Lipinski definition) is 2. The molecule has 1 aliphatic rings. The number of carbonyl (C=O) groups excluding carboxylic acids is 2. The predicted molar refractivity (Wildman–Crippen MR) is 101 cm³/mol. The molecule has 11 heteroatoms. The van der Waals surface area contributed by atoms with Crippen LogP contribution < -0.4 is 10.6 Å². The molecule has 1 unspecified atom stereocenters. The molecule has 2 N–H and O–H groups in total. The number of carbonyl (C=O) groups is 2. The summed E-state index contributed by atoms with van der Waals surface area (Å²) in [5, 5.41) is 6.34. The molecule has 152 valence electrons. The van der Waals surface area contributed by atoms with Gasteiger partial charge in [0.2, 0.25) is 5.91 Å². The number of fused-ring (bicyclic) bond motifs is 1. The van der Waals surface area contributed by atoms with Gasteiger partial charge in [-0.05, 0) is 25.8 Å². The van der Waals surface area contributed by atoms with E-state index in [9.17, 15) is 22.8 Å². The number of nitrogens with one attached hydrogen (secondary N) is 2. The van der Waals surface area contributed by atoms with Crippen LogP contribution >= 0.6 is 11.3 Å². The van der Waals surface area contributed by atoms with E-state index in [1.165, 1.54) is 12.3 Å². The third-order valence-electron chi connectivity index (χ3n) is 4.50. The van der Waals surface area contributed by atoms with Crippen molar-refractivity contribution in [1.29, 1.82) is 0 Å². The predicted octanol–water partition coefficient (Wildman–Crippen LogP) is 3.49. The van der Waals surface area contributed by atoms with Crippen LogP contribution in [0.1, 0.15) is 29.4 Å². The number of imidazole rings is 1. The number of nitrogens with zero attached hydrogens (tertiary/aromatic N) is 3. The molecule has 2 amide bonds. The van der Waals surface area contributed by atoms with Gasteiger partial charge in [-0.2, -0.15) is 13.2 Å². The van der Waals surface area contributed by atoms with Gasteiger partial charge >= 0.3 is 6.18 Å². The van der Waals surface area contributed by atoms with Crippen LogP contribution in [0, 0.1) is 5.92 Å². The Morgan fingerprint density at radius 1 is 1.31 bits per heavy atom. The molecule has 0 bridgehead atoms. The molecule has 1 aliphatic carbocycles. The van der Waals surface area contributed by atoms with E-state index in [0.717, 1.165) is 31.1 Å². The van der Waals surface area contributed by atoms with Gasteiger partial charge in [0, 0.05) is 23.1 Å². The van der Waals surface area contributed by atoms with Gasteiger partial charge < -0.3 is 15.0 Å². The molecule has 0 aliphatic heterocycles. The van der Waals surface area contributed by atoms with Crippen molar-refractivity contribution in [2.24, 2.45) is 5.92 Å². The van der Waals surface area contributed by atoms with E-state index in [2.05, 4.69) is 15.3 Å². The van der Waals surface area contributed by atoms with E-state index in [-0.39, 0.29) is 16.7 Å². The molecule has 1 saturated carbocycles. The molecular formula is C18H16F3N5O2S. The summed E-state index contributed by atoms with van der Waals surface area (Å²) in [4.78, 5) is 32.6. The standard InChI is InChI=1S/C18H16F3N5O2S/c1-9(18(19,20)21)23-17(28)13-4-11(8-29-13)12-6-26-7-14(24-15(26)5-22-12)25-16(27)10-2-3-10/h4-10H,2-3H2,1H3,(H,23,28)(H,25,27). The van der Waals surface area contributed by atoms with Gasteiger partial charge in [-0.1, -0.05) is 0 Å². The third-order valence-corrected chi connectivity index (χ3v) is 5.43. The second-order valence-corrected chi connectivity index (χ2v) is 7.78. The Morgan fingerprint density at radius 2 is 2.07 bits per heavy atom. The number of amides is 2. The number of thiophene rings is 1. The van der Waals surface area contributed by atoms with Crippen molar-refractivity contribution in [2.45, 2.75) is 32.0 Å². The summed E-state index contributed by atoms with van der Waals surface area (Å²) >= 11 is 1.03. The summed E-state index contributed by atoms with van der Waals surface area (Å²) in [5.74, 6) is -0.362. The molecule has 0 radical (unpaired) electrons. The Balaban J connectivity index is 1.51. The summed E-state index contributed by atoms with van der Waals surface area (Å²) in [6.07, 6.45) is 2.13. The quantitative estimate of drug-likeness (QED) is 0.658. The highest BCUT2D eigenvalue weighted by molar-refractivity contribution is 7.12. The van der Waals surface area contributed by atoms with E-state index in [4.69, 9.17) is 0 Å². The fourth-order valence-corrected chi connectivity index (χ4v) is 3.43. The molecule has 1 atom stereocenters. The fraction of sp³-hybridized carbons (Fsp3) is 0.333. The summed E-state index contributed by atoms with van der Waals surface area (Å²) in [5.41, 5.74) is 1.65. The Morgan fingerprint density at radius 3 is 2.76 bits per heavy atom. The lowest BCUT2D eigenvalue weighted by Crippen LogP contribution is -2.42. The van der Waals surface area contributed by atoms with Gasteiger partial charge in [-0.3, -0.25) is 14.6 Å². The van der Waals surface area contributed by atoms with Crippen LogP contribution in [0.3, 0.4) is 0 Å². The SMILES string of the molecule is CC(NC(=O)c1cc(-c2cn3cc(NC(=O)C4CC4)nc3cn2)cs1)C(F)(F)F. The highest BCUT2D eigenvalue weighted by atomic mass is 32.1. The minimum atomic E-state index is -4.50. The Bertz CT molecular complexity index is 1090. The van der Waals surface area contributed by atoms with Crippen molar-refractivity contribution in [3.05, 3.63) is 34.9 Å². The number of aromatic nitrogens is 3. The monoisotopic (exact) mass is 423 g/mol. The van der Waals surface area contributed by atoms with Gasteiger partial charge in [0.25, 0.3) is 5.91 Å². The van der Waals surface area contributed by atoms with Crippen LogP contribution in [-0.4, -0.2) is 38.4 Å². The lowest BCUT2D eigenvalue weighted by Gasteiger charge is -2.16. The lowest BCUT2D eigenvalue weighted by atomic mass is 10.2. The average Bonchev–Trinajstić information content (AvgIpc) is 3.25. The molecule has 1 fully saturated rings. The normalized spacial score (nSPS) is 15.3. The zero-order valence-electron chi connectivity index (χ0n) is 15.2. The van der Waals surface area contributed by atoms with Crippen molar-refractivity contribution < 1.29 is 22.8 Å². The van der Waals surface area contributed by atoms with E-state index in [0.29, 0.717) is 22.7 Å². The van der Waals surface area contributed by atoms with Crippen molar-refractivity contribution in [3.63, 3.8) is 0 Å². The molecule has 3 aromatic heterocycles.